The Morgan fingerprint density at radius 3 is 2.75 bits per heavy atom. The Morgan fingerprint density at radius 1 is 1.19 bits per heavy atom. The maximum atomic E-state index is 4.24. The Labute approximate surface area is 96.4 Å². The number of nitrogens with zero attached hydrogens (tertiary/aromatic N) is 1. The highest BCUT2D eigenvalue weighted by Crippen LogP contribution is 2.23. The number of benzene rings is 1. The standard InChI is InChI=1S/C14H16N2/c1-11-7-13(10-16-8-11)14-6-4-3-5-12(14)9-15-2/h3-8,10,15H,9H2,1-2H3. The first-order valence-corrected chi connectivity index (χ1v) is 5.46. The molecule has 0 aliphatic rings. The number of aryl methyl sites for hydroxylation is 1. The SMILES string of the molecule is CNCc1ccccc1-c1cncc(C)c1. The lowest BCUT2D eigenvalue weighted by atomic mass is 10.0. The van der Waals surface area contributed by atoms with Crippen molar-refractivity contribution >= 4 is 0 Å². The van der Waals surface area contributed by atoms with Crippen LogP contribution in [0.3, 0.4) is 0 Å². The predicted molar refractivity (Wildman–Crippen MR) is 67.2 cm³/mol. The van der Waals surface area contributed by atoms with Gasteiger partial charge in [-0.05, 0) is 36.7 Å². The van der Waals surface area contributed by atoms with Crippen LogP contribution in [0.1, 0.15) is 11.1 Å². The van der Waals surface area contributed by atoms with E-state index in [2.05, 4.69) is 47.6 Å². The van der Waals surface area contributed by atoms with E-state index >= 15 is 0 Å². The summed E-state index contributed by atoms with van der Waals surface area (Å²) in [7, 11) is 1.96. The van der Waals surface area contributed by atoms with E-state index in [-0.39, 0.29) is 0 Å². The Balaban J connectivity index is 2.46. The van der Waals surface area contributed by atoms with Gasteiger partial charge in [0, 0.05) is 24.5 Å². The van der Waals surface area contributed by atoms with Gasteiger partial charge in [0.15, 0.2) is 0 Å². The molecule has 1 aromatic heterocycles. The number of aromatic nitrogens is 1. The predicted octanol–water partition coefficient (Wildman–Crippen LogP) is 2.78. The minimum absolute atomic E-state index is 0.879. The molecule has 0 unspecified atom stereocenters. The first-order valence-electron chi connectivity index (χ1n) is 5.46. The van der Waals surface area contributed by atoms with Crippen molar-refractivity contribution < 1.29 is 0 Å². The molecule has 16 heavy (non-hydrogen) atoms. The topological polar surface area (TPSA) is 24.9 Å². The highest BCUT2D eigenvalue weighted by molar-refractivity contribution is 5.66. The Kier molecular flexibility index (Phi) is 3.32. The lowest BCUT2D eigenvalue weighted by Gasteiger charge is -2.09. The van der Waals surface area contributed by atoms with E-state index in [9.17, 15) is 0 Å². The summed E-state index contributed by atoms with van der Waals surface area (Å²) in [6.07, 6.45) is 3.80. The number of hydrogen-bond donors (Lipinski definition) is 1. The third-order valence-corrected chi connectivity index (χ3v) is 2.57. The van der Waals surface area contributed by atoms with E-state index in [0.717, 1.165) is 6.54 Å². The van der Waals surface area contributed by atoms with Gasteiger partial charge >= 0.3 is 0 Å². The molecule has 82 valence electrons. The van der Waals surface area contributed by atoms with Crippen LogP contribution in [0.2, 0.25) is 0 Å². The van der Waals surface area contributed by atoms with E-state index < -0.39 is 0 Å². The Bertz CT molecular complexity index is 478. The van der Waals surface area contributed by atoms with Gasteiger partial charge in [0.25, 0.3) is 0 Å². The second-order valence-corrected chi connectivity index (χ2v) is 3.94. The third kappa shape index (κ3) is 2.28. The highest BCUT2D eigenvalue weighted by Gasteiger charge is 2.03. The molecule has 0 aliphatic heterocycles. The van der Waals surface area contributed by atoms with Gasteiger partial charge in [0.2, 0.25) is 0 Å². The normalized spacial score (nSPS) is 10.4. The van der Waals surface area contributed by atoms with Crippen LogP contribution in [-0.2, 0) is 6.54 Å². The van der Waals surface area contributed by atoms with Crippen LogP contribution >= 0.6 is 0 Å². The minimum Gasteiger partial charge on any atom is -0.316 e. The van der Waals surface area contributed by atoms with E-state index in [0.29, 0.717) is 0 Å². The Hall–Kier alpha value is -1.67. The fraction of sp³-hybridized carbons (Fsp3) is 0.214. The maximum Gasteiger partial charge on any atom is 0.0346 e. The first kappa shape index (κ1) is 10.8. The lowest BCUT2D eigenvalue weighted by Crippen LogP contribution is -2.06. The van der Waals surface area contributed by atoms with E-state index in [1.165, 1.54) is 22.3 Å². The average molecular weight is 212 g/mol. The molecule has 2 nitrogen and oxygen atoms in total. The number of rotatable bonds is 3. The zero-order valence-electron chi connectivity index (χ0n) is 9.70. The van der Waals surface area contributed by atoms with Gasteiger partial charge in [0.1, 0.15) is 0 Å². The summed E-state index contributed by atoms with van der Waals surface area (Å²) in [5, 5.41) is 3.19. The van der Waals surface area contributed by atoms with Crippen molar-refractivity contribution in [3.8, 4) is 11.1 Å². The molecule has 0 bridgehead atoms. The van der Waals surface area contributed by atoms with Crippen LogP contribution < -0.4 is 5.32 Å². The zero-order valence-corrected chi connectivity index (χ0v) is 9.70. The summed E-state index contributed by atoms with van der Waals surface area (Å²) < 4.78 is 0. The van der Waals surface area contributed by atoms with Crippen LogP contribution in [0.5, 0.6) is 0 Å². The zero-order chi connectivity index (χ0) is 11.4. The number of hydrogen-bond acceptors (Lipinski definition) is 2. The lowest BCUT2D eigenvalue weighted by molar-refractivity contribution is 0.819. The van der Waals surface area contributed by atoms with Crippen LogP contribution in [-0.4, -0.2) is 12.0 Å². The molecular weight excluding hydrogens is 196 g/mol. The van der Waals surface area contributed by atoms with Crippen LogP contribution in [0.15, 0.2) is 42.7 Å². The summed E-state index contributed by atoms with van der Waals surface area (Å²) in [5.74, 6) is 0. The number of nitrogens with one attached hydrogen (secondary N) is 1. The van der Waals surface area contributed by atoms with Gasteiger partial charge in [-0.2, -0.15) is 0 Å². The van der Waals surface area contributed by atoms with Gasteiger partial charge in [0.05, 0.1) is 0 Å². The van der Waals surface area contributed by atoms with Gasteiger partial charge in [-0.1, -0.05) is 24.3 Å². The largest absolute Gasteiger partial charge is 0.316 e. The third-order valence-electron chi connectivity index (χ3n) is 2.57. The molecule has 0 saturated heterocycles. The summed E-state index contributed by atoms with van der Waals surface area (Å²) in [5.41, 5.74) is 4.94. The molecule has 0 atom stereocenters. The van der Waals surface area contributed by atoms with Gasteiger partial charge in [-0.3, -0.25) is 4.98 Å². The van der Waals surface area contributed by atoms with Gasteiger partial charge in [-0.25, -0.2) is 0 Å². The maximum absolute atomic E-state index is 4.24. The number of pyridine rings is 1. The molecule has 2 heteroatoms. The van der Waals surface area contributed by atoms with Crippen molar-refractivity contribution in [3.63, 3.8) is 0 Å². The molecule has 0 spiro atoms. The molecular formula is C14H16N2. The second kappa shape index (κ2) is 4.90. The fourth-order valence-corrected chi connectivity index (χ4v) is 1.85. The van der Waals surface area contributed by atoms with Crippen molar-refractivity contribution in [3.05, 3.63) is 53.9 Å². The van der Waals surface area contributed by atoms with Crippen molar-refractivity contribution in [2.24, 2.45) is 0 Å². The Morgan fingerprint density at radius 2 is 2.00 bits per heavy atom. The summed E-state index contributed by atoms with van der Waals surface area (Å²) in [6, 6.07) is 10.6. The van der Waals surface area contributed by atoms with E-state index in [1.54, 1.807) is 0 Å². The second-order valence-electron chi connectivity index (χ2n) is 3.94. The summed E-state index contributed by atoms with van der Waals surface area (Å²) >= 11 is 0. The molecule has 0 aliphatic carbocycles. The first-order chi connectivity index (χ1) is 7.81. The monoisotopic (exact) mass is 212 g/mol. The van der Waals surface area contributed by atoms with Gasteiger partial charge in [-0.15, -0.1) is 0 Å². The molecule has 0 fully saturated rings. The fourth-order valence-electron chi connectivity index (χ4n) is 1.85. The van der Waals surface area contributed by atoms with Crippen molar-refractivity contribution in [2.75, 3.05) is 7.05 Å². The highest BCUT2D eigenvalue weighted by atomic mass is 14.8. The summed E-state index contributed by atoms with van der Waals surface area (Å²) in [6.45, 7) is 2.95. The molecule has 2 aromatic rings. The van der Waals surface area contributed by atoms with Gasteiger partial charge < -0.3 is 5.32 Å². The van der Waals surface area contributed by atoms with E-state index in [1.807, 2.05) is 19.4 Å². The average Bonchev–Trinajstić information content (AvgIpc) is 2.30. The van der Waals surface area contributed by atoms with E-state index in [4.69, 9.17) is 0 Å². The molecule has 0 radical (unpaired) electrons. The molecule has 1 N–H and O–H groups in total. The molecule has 0 saturated carbocycles. The van der Waals surface area contributed by atoms with Crippen LogP contribution in [0.4, 0.5) is 0 Å². The molecule has 2 rings (SSSR count). The van der Waals surface area contributed by atoms with Crippen LogP contribution in [0, 0.1) is 6.92 Å². The van der Waals surface area contributed by atoms with Crippen molar-refractivity contribution in [1.82, 2.24) is 10.3 Å². The minimum atomic E-state index is 0.879. The van der Waals surface area contributed by atoms with Crippen molar-refractivity contribution in [1.29, 1.82) is 0 Å². The molecule has 1 heterocycles. The summed E-state index contributed by atoms with van der Waals surface area (Å²) in [4.78, 5) is 4.24. The molecule has 0 amide bonds. The van der Waals surface area contributed by atoms with Crippen LogP contribution in [0.25, 0.3) is 11.1 Å². The van der Waals surface area contributed by atoms with Crippen molar-refractivity contribution in [2.45, 2.75) is 13.5 Å². The smallest absolute Gasteiger partial charge is 0.0346 e. The quantitative estimate of drug-likeness (QED) is 0.846. The molecule has 1 aromatic carbocycles.